The SMILES string of the molecule is CCCCCCCCCC/C=C\CCCCCCCCCCCCCCOCC(CO)OC(=O)CCCCCCCCCCCCCCCCCCC. The lowest BCUT2D eigenvalue weighted by Crippen LogP contribution is -2.27. The van der Waals surface area contributed by atoms with E-state index in [0.29, 0.717) is 19.6 Å². The topological polar surface area (TPSA) is 55.8 Å². The van der Waals surface area contributed by atoms with E-state index in [4.69, 9.17) is 9.47 Å². The first-order chi connectivity index (χ1) is 26.2. The fourth-order valence-corrected chi connectivity index (χ4v) is 7.44. The molecule has 0 spiro atoms. The number of hydrogen-bond acceptors (Lipinski definition) is 4. The normalized spacial score (nSPS) is 12.3. The Morgan fingerprint density at radius 3 is 1.08 bits per heavy atom. The standard InChI is InChI=1S/C49H96O4/c1-3-5-7-9-11-13-15-17-19-21-22-23-24-25-26-27-29-31-33-35-37-39-41-43-45-52-47-48(46-50)53-49(51)44-42-40-38-36-34-32-30-28-20-18-16-14-12-10-8-6-4-2/h21-22,48,50H,3-20,23-47H2,1-2H3/b22-21-. The van der Waals surface area contributed by atoms with Gasteiger partial charge in [-0.1, -0.05) is 238 Å². The van der Waals surface area contributed by atoms with E-state index in [-0.39, 0.29) is 12.6 Å². The monoisotopic (exact) mass is 749 g/mol. The number of unbranched alkanes of at least 4 members (excludes halogenated alkanes) is 36. The van der Waals surface area contributed by atoms with Crippen molar-refractivity contribution in [2.24, 2.45) is 0 Å². The van der Waals surface area contributed by atoms with Gasteiger partial charge in [-0.2, -0.15) is 0 Å². The fraction of sp³-hybridized carbons (Fsp3) is 0.939. The molecule has 0 heterocycles. The number of carbonyl (C=O) groups excluding carboxylic acids is 1. The molecule has 0 aliphatic rings. The molecule has 1 N–H and O–H groups in total. The van der Waals surface area contributed by atoms with Crippen LogP contribution in [0.3, 0.4) is 0 Å². The van der Waals surface area contributed by atoms with E-state index in [1.54, 1.807) is 0 Å². The highest BCUT2D eigenvalue weighted by atomic mass is 16.6. The van der Waals surface area contributed by atoms with Crippen molar-refractivity contribution in [3.05, 3.63) is 12.2 Å². The molecule has 0 radical (unpaired) electrons. The zero-order chi connectivity index (χ0) is 38.4. The van der Waals surface area contributed by atoms with Crippen molar-refractivity contribution < 1.29 is 19.4 Å². The number of esters is 1. The van der Waals surface area contributed by atoms with Gasteiger partial charge in [0.15, 0.2) is 0 Å². The summed E-state index contributed by atoms with van der Waals surface area (Å²) in [7, 11) is 0. The van der Waals surface area contributed by atoms with E-state index in [0.717, 1.165) is 19.3 Å². The quantitative estimate of drug-likeness (QED) is 0.0383. The van der Waals surface area contributed by atoms with Crippen LogP contribution in [0.2, 0.25) is 0 Å². The molecule has 0 aromatic carbocycles. The van der Waals surface area contributed by atoms with Gasteiger partial charge in [-0.25, -0.2) is 0 Å². The largest absolute Gasteiger partial charge is 0.457 e. The van der Waals surface area contributed by atoms with Crippen molar-refractivity contribution in [2.75, 3.05) is 19.8 Å². The molecule has 0 saturated carbocycles. The Labute approximate surface area is 333 Å². The zero-order valence-corrected chi connectivity index (χ0v) is 36.3. The maximum atomic E-state index is 12.2. The number of carbonyl (C=O) groups is 1. The van der Waals surface area contributed by atoms with Crippen LogP contribution in [-0.2, 0) is 14.3 Å². The molecule has 0 bridgehead atoms. The predicted molar refractivity (Wildman–Crippen MR) is 233 cm³/mol. The average Bonchev–Trinajstić information content (AvgIpc) is 3.16. The van der Waals surface area contributed by atoms with Crippen molar-refractivity contribution in [2.45, 2.75) is 277 Å². The third-order valence-corrected chi connectivity index (χ3v) is 11.1. The number of allylic oxidation sites excluding steroid dienone is 2. The molecule has 0 aliphatic carbocycles. The highest BCUT2D eigenvalue weighted by molar-refractivity contribution is 5.69. The summed E-state index contributed by atoms with van der Waals surface area (Å²) >= 11 is 0. The van der Waals surface area contributed by atoms with Gasteiger partial charge in [0.2, 0.25) is 0 Å². The van der Waals surface area contributed by atoms with Gasteiger partial charge in [-0.3, -0.25) is 4.79 Å². The Kier molecular flexibility index (Phi) is 46.5. The van der Waals surface area contributed by atoms with Gasteiger partial charge in [0.1, 0.15) is 6.10 Å². The molecule has 0 rings (SSSR count). The van der Waals surface area contributed by atoms with Gasteiger partial charge < -0.3 is 14.6 Å². The van der Waals surface area contributed by atoms with Crippen molar-refractivity contribution in [3.63, 3.8) is 0 Å². The lowest BCUT2D eigenvalue weighted by Gasteiger charge is -2.16. The minimum atomic E-state index is -0.528. The Bertz CT molecular complexity index is 707. The van der Waals surface area contributed by atoms with Crippen LogP contribution in [0.15, 0.2) is 12.2 Å². The van der Waals surface area contributed by atoms with Crippen LogP contribution in [0.1, 0.15) is 271 Å². The zero-order valence-electron chi connectivity index (χ0n) is 36.3. The summed E-state index contributed by atoms with van der Waals surface area (Å²) in [6.07, 6.45) is 57.2. The van der Waals surface area contributed by atoms with Gasteiger partial charge in [0, 0.05) is 13.0 Å². The summed E-state index contributed by atoms with van der Waals surface area (Å²) in [5, 5.41) is 9.63. The molecule has 53 heavy (non-hydrogen) atoms. The molecule has 4 heteroatoms. The maximum Gasteiger partial charge on any atom is 0.306 e. The lowest BCUT2D eigenvalue weighted by atomic mass is 10.0. The molecular weight excluding hydrogens is 653 g/mol. The van der Waals surface area contributed by atoms with Crippen LogP contribution in [0.25, 0.3) is 0 Å². The second-order valence-corrected chi connectivity index (χ2v) is 16.5. The smallest absolute Gasteiger partial charge is 0.306 e. The van der Waals surface area contributed by atoms with E-state index in [1.165, 1.54) is 231 Å². The Morgan fingerprint density at radius 1 is 0.434 bits per heavy atom. The number of aliphatic hydroxyl groups excluding tert-OH is 1. The fourth-order valence-electron chi connectivity index (χ4n) is 7.44. The highest BCUT2D eigenvalue weighted by Gasteiger charge is 2.13. The van der Waals surface area contributed by atoms with Gasteiger partial charge in [-0.15, -0.1) is 0 Å². The maximum absolute atomic E-state index is 12.2. The molecule has 0 aliphatic heterocycles. The Hall–Kier alpha value is -0.870. The first-order valence-electron chi connectivity index (χ1n) is 24.3. The van der Waals surface area contributed by atoms with Crippen LogP contribution >= 0.6 is 0 Å². The molecule has 0 fully saturated rings. The van der Waals surface area contributed by atoms with E-state index in [1.807, 2.05) is 0 Å². The molecule has 0 saturated heterocycles. The molecule has 4 nitrogen and oxygen atoms in total. The minimum absolute atomic E-state index is 0.165. The van der Waals surface area contributed by atoms with Crippen LogP contribution in [0.4, 0.5) is 0 Å². The Balaban J connectivity index is 3.35. The van der Waals surface area contributed by atoms with Gasteiger partial charge in [-0.05, 0) is 38.5 Å². The molecular formula is C49H96O4. The summed E-state index contributed by atoms with van der Waals surface area (Å²) in [6, 6.07) is 0. The van der Waals surface area contributed by atoms with Crippen LogP contribution in [0, 0.1) is 0 Å². The molecule has 0 aromatic heterocycles. The van der Waals surface area contributed by atoms with Gasteiger partial charge in [0.25, 0.3) is 0 Å². The lowest BCUT2D eigenvalue weighted by molar-refractivity contribution is -0.154. The second kappa shape index (κ2) is 47.3. The number of rotatable bonds is 46. The van der Waals surface area contributed by atoms with Crippen molar-refractivity contribution in [1.82, 2.24) is 0 Å². The number of ether oxygens (including phenoxy) is 2. The third-order valence-electron chi connectivity index (χ3n) is 11.1. The van der Waals surface area contributed by atoms with Crippen LogP contribution in [-0.4, -0.2) is 37.0 Å². The molecule has 1 unspecified atom stereocenters. The summed E-state index contributed by atoms with van der Waals surface area (Å²) in [5.74, 6) is -0.194. The number of hydrogen-bond donors (Lipinski definition) is 1. The number of aliphatic hydroxyl groups is 1. The highest BCUT2D eigenvalue weighted by Crippen LogP contribution is 2.16. The predicted octanol–water partition coefficient (Wildman–Crippen LogP) is 16.1. The van der Waals surface area contributed by atoms with E-state index >= 15 is 0 Å². The van der Waals surface area contributed by atoms with E-state index in [9.17, 15) is 9.90 Å². The average molecular weight is 749 g/mol. The van der Waals surface area contributed by atoms with E-state index < -0.39 is 6.10 Å². The van der Waals surface area contributed by atoms with Gasteiger partial charge >= 0.3 is 5.97 Å². The van der Waals surface area contributed by atoms with Crippen molar-refractivity contribution in [1.29, 1.82) is 0 Å². The summed E-state index contributed by atoms with van der Waals surface area (Å²) in [5.41, 5.74) is 0. The molecule has 0 aromatic rings. The van der Waals surface area contributed by atoms with Gasteiger partial charge in [0.05, 0.1) is 13.2 Å². The van der Waals surface area contributed by atoms with Crippen molar-refractivity contribution in [3.8, 4) is 0 Å². The van der Waals surface area contributed by atoms with Crippen molar-refractivity contribution >= 4 is 5.97 Å². The second-order valence-electron chi connectivity index (χ2n) is 16.5. The third kappa shape index (κ3) is 45.4. The molecule has 316 valence electrons. The van der Waals surface area contributed by atoms with Crippen LogP contribution < -0.4 is 0 Å². The summed E-state index contributed by atoms with van der Waals surface area (Å²) in [4.78, 5) is 12.2. The molecule has 1 atom stereocenters. The first-order valence-corrected chi connectivity index (χ1v) is 24.3. The minimum Gasteiger partial charge on any atom is -0.457 e. The first kappa shape index (κ1) is 52.1. The molecule has 0 amide bonds. The summed E-state index contributed by atoms with van der Waals surface area (Å²) < 4.78 is 11.2. The Morgan fingerprint density at radius 2 is 0.736 bits per heavy atom. The van der Waals surface area contributed by atoms with Crippen LogP contribution in [0.5, 0.6) is 0 Å². The van der Waals surface area contributed by atoms with E-state index in [2.05, 4.69) is 26.0 Å². The summed E-state index contributed by atoms with van der Waals surface area (Å²) in [6.45, 7) is 5.40.